The molecule has 0 radical (unpaired) electrons. The van der Waals surface area contributed by atoms with E-state index < -0.39 is 6.10 Å². The molecular formula is C59H102O6. The van der Waals surface area contributed by atoms with Crippen LogP contribution in [0.15, 0.2) is 72.9 Å². The molecule has 0 fully saturated rings. The minimum Gasteiger partial charge on any atom is -0.462 e. The van der Waals surface area contributed by atoms with Gasteiger partial charge in [0.25, 0.3) is 0 Å². The Morgan fingerprint density at radius 3 is 0.985 bits per heavy atom. The van der Waals surface area contributed by atoms with E-state index in [9.17, 15) is 14.4 Å². The third-order valence-corrected chi connectivity index (χ3v) is 11.8. The molecule has 0 amide bonds. The molecule has 65 heavy (non-hydrogen) atoms. The van der Waals surface area contributed by atoms with Gasteiger partial charge in [0.2, 0.25) is 0 Å². The van der Waals surface area contributed by atoms with Gasteiger partial charge in [-0.1, -0.05) is 229 Å². The summed E-state index contributed by atoms with van der Waals surface area (Å²) in [5.41, 5.74) is 0. The normalized spacial score (nSPS) is 12.6. The summed E-state index contributed by atoms with van der Waals surface area (Å²) < 4.78 is 16.8. The average molecular weight is 907 g/mol. The largest absolute Gasteiger partial charge is 0.462 e. The number of carbonyl (C=O) groups excluding carboxylic acids is 3. The van der Waals surface area contributed by atoms with Gasteiger partial charge in [-0.2, -0.15) is 0 Å². The van der Waals surface area contributed by atoms with Crippen molar-refractivity contribution in [2.24, 2.45) is 0 Å². The smallest absolute Gasteiger partial charge is 0.306 e. The highest BCUT2D eigenvalue weighted by Gasteiger charge is 2.19. The summed E-state index contributed by atoms with van der Waals surface area (Å²) in [4.78, 5) is 38.1. The van der Waals surface area contributed by atoms with Gasteiger partial charge in [-0.3, -0.25) is 14.4 Å². The van der Waals surface area contributed by atoms with Gasteiger partial charge < -0.3 is 14.2 Å². The molecule has 0 aliphatic rings. The Kier molecular flexibility index (Phi) is 50.9. The topological polar surface area (TPSA) is 78.9 Å². The average Bonchev–Trinajstić information content (AvgIpc) is 3.30. The molecule has 0 aromatic rings. The lowest BCUT2D eigenvalue weighted by molar-refractivity contribution is -0.167. The van der Waals surface area contributed by atoms with Crippen molar-refractivity contribution < 1.29 is 28.6 Å². The van der Waals surface area contributed by atoms with E-state index in [-0.39, 0.29) is 31.1 Å². The quantitative estimate of drug-likeness (QED) is 0.0199. The molecule has 6 heteroatoms. The van der Waals surface area contributed by atoms with Gasteiger partial charge in [-0.25, -0.2) is 0 Å². The van der Waals surface area contributed by atoms with E-state index in [1.54, 1.807) is 0 Å². The molecule has 0 N–H and O–H groups in total. The van der Waals surface area contributed by atoms with E-state index in [1.165, 1.54) is 109 Å². The van der Waals surface area contributed by atoms with Crippen molar-refractivity contribution in [2.45, 2.75) is 271 Å². The van der Waals surface area contributed by atoms with Gasteiger partial charge in [-0.15, -0.1) is 0 Å². The monoisotopic (exact) mass is 907 g/mol. The maximum absolute atomic E-state index is 12.8. The fourth-order valence-corrected chi connectivity index (χ4v) is 7.60. The molecule has 0 rings (SSSR count). The molecule has 374 valence electrons. The summed E-state index contributed by atoms with van der Waals surface area (Å²) in [5.74, 6) is -0.932. The van der Waals surface area contributed by atoms with Gasteiger partial charge in [-0.05, 0) is 89.9 Å². The lowest BCUT2D eigenvalue weighted by atomic mass is 10.1. The standard InChI is InChI=1S/C59H102O6/c1-4-7-10-13-16-19-22-25-27-29-30-32-34-37-40-43-46-49-52-58(61)64-55-56(54-63-57(60)51-48-45-42-39-36-33-24-21-18-15-12-9-6-3)65-59(62)53-50-47-44-41-38-35-31-28-26-23-20-17-14-11-8-5-2/h9,12,15,18,21,24,27-32,56H,4-8,10-11,13-14,16-17,19-20,22-23,25-26,33-55H2,1-3H3/b12-9-,18-15-,24-21-,29-27-,31-28-,32-30-. The molecule has 6 nitrogen and oxygen atoms in total. The fraction of sp³-hybridized carbons (Fsp3) is 0.746. The first-order valence-corrected chi connectivity index (χ1v) is 27.5. The first-order chi connectivity index (χ1) is 32.0. The van der Waals surface area contributed by atoms with E-state index in [0.717, 1.165) is 116 Å². The van der Waals surface area contributed by atoms with E-state index in [4.69, 9.17) is 14.2 Å². The second-order valence-corrected chi connectivity index (χ2v) is 18.2. The highest BCUT2D eigenvalue weighted by Crippen LogP contribution is 2.14. The Morgan fingerprint density at radius 1 is 0.323 bits per heavy atom. The van der Waals surface area contributed by atoms with Gasteiger partial charge in [0.05, 0.1) is 0 Å². The maximum Gasteiger partial charge on any atom is 0.306 e. The zero-order valence-electron chi connectivity index (χ0n) is 42.7. The number of rotatable bonds is 49. The molecule has 0 aromatic carbocycles. The molecule has 0 saturated heterocycles. The van der Waals surface area contributed by atoms with E-state index in [2.05, 4.69) is 93.7 Å². The van der Waals surface area contributed by atoms with Crippen LogP contribution in [0.4, 0.5) is 0 Å². The molecule has 0 aliphatic carbocycles. The van der Waals surface area contributed by atoms with Crippen molar-refractivity contribution in [1.29, 1.82) is 0 Å². The Labute approximate surface area is 402 Å². The molecule has 0 aromatic heterocycles. The van der Waals surface area contributed by atoms with Crippen LogP contribution >= 0.6 is 0 Å². The third kappa shape index (κ3) is 51.7. The second kappa shape index (κ2) is 53.5. The lowest BCUT2D eigenvalue weighted by Gasteiger charge is -2.18. The van der Waals surface area contributed by atoms with Crippen LogP contribution in [-0.2, 0) is 28.6 Å². The Balaban J connectivity index is 4.43. The second-order valence-electron chi connectivity index (χ2n) is 18.2. The molecule has 1 unspecified atom stereocenters. The molecule has 0 bridgehead atoms. The number of unbranched alkanes of at least 4 members (excludes halogenated alkanes) is 29. The highest BCUT2D eigenvalue weighted by atomic mass is 16.6. The fourth-order valence-electron chi connectivity index (χ4n) is 7.60. The lowest BCUT2D eigenvalue weighted by Crippen LogP contribution is -2.30. The first-order valence-electron chi connectivity index (χ1n) is 27.5. The predicted molar refractivity (Wildman–Crippen MR) is 279 cm³/mol. The Morgan fingerprint density at radius 2 is 0.615 bits per heavy atom. The summed E-state index contributed by atoms with van der Waals surface area (Å²) in [6.07, 6.45) is 67.4. The zero-order chi connectivity index (χ0) is 47.2. The van der Waals surface area contributed by atoms with Crippen molar-refractivity contribution in [3.8, 4) is 0 Å². The van der Waals surface area contributed by atoms with Crippen molar-refractivity contribution in [3.05, 3.63) is 72.9 Å². The van der Waals surface area contributed by atoms with Crippen molar-refractivity contribution in [1.82, 2.24) is 0 Å². The number of ether oxygens (including phenoxy) is 3. The Bertz CT molecular complexity index is 1230. The first kappa shape index (κ1) is 61.9. The number of allylic oxidation sites excluding steroid dienone is 12. The summed E-state index contributed by atoms with van der Waals surface area (Å²) >= 11 is 0. The molecule has 0 saturated carbocycles. The van der Waals surface area contributed by atoms with Crippen LogP contribution in [0.5, 0.6) is 0 Å². The number of hydrogen-bond acceptors (Lipinski definition) is 6. The van der Waals surface area contributed by atoms with E-state index >= 15 is 0 Å². The van der Waals surface area contributed by atoms with Gasteiger partial charge in [0, 0.05) is 19.3 Å². The summed E-state index contributed by atoms with van der Waals surface area (Å²) in [6, 6.07) is 0. The van der Waals surface area contributed by atoms with E-state index in [0.29, 0.717) is 19.3 Å². The highest BCUT2D eigenvalue weighted by molar-refractivity contribution is 5.71. The molecule has 0 spiro atoms. The van der Waals surface area contributed by atoms with Crippen molar-refractivity contribution in [2.75, 3.05) is 13.2 Å². The number of hydrogen-bond donors (Lipinski definition) is 0. The Hall–Kier alpha value is -3.15. The van der Waals surface area contributed by atoms with Crippen LogP contribution in [0.2, 0.25) is 0 Å². The van der Waals surface area contributed by atoms with E-state index in [1.807, 2.05) is 0 Å². The van der Waals surface area contributed by atoms with Crippen LogP contribution in [0.3, 0.4) is 0 Å². The molecule has 1 atom stereocenters. The minimum absolute atomic E-state index is 0.0934. The van der Waals surface area contributed by atoms with Crippen LogP contribution in [0.1, 0.15) is 265 Å². The van der Waals surface area contributed by atoms with Crippen LogP contribution < -0.4 is 0 Å². The molecule has 0 heterocycles. The minimum atomic E-state index is -0.794. The van der Waals surface area contributed by atoms with Crippen molar-refractivity contribution >= 4 is 17.9 Å². The summed E-state index contributed by atoms with van der Waals surface area (Å²) in [7, 11) is 0. The molecular weight excluding hydrogens is 805 g/mol. The van der Waals surface area contributed by atoms with Crippen LogP contribution in [0, 0.1) is 0 Å². The van der Waals surface area contributed by atoms with Crippen molar-refractivity contribution in [3.63, 3.8) is 0 Å². The van der Waals surface area contributed by atoms with Crippen LogP contribution in [0.25, 0.3) is 0 Å². The number of carbonyl (C=O) groups is 3. The van der Waals surface area contributed by atoms with Crippen LogP contribution in [-0.4, -0.2) is 37.2 Å². The summed E-state index contributed by atoms with van der Waals surface area (Å²) in [5, 5.41) is 0. The molecule has 0 aliphatic heterocycles. The zero-order valence-corrected chi connectivity index (χ0v) is 42.7. The predicted octanol–water partition coefficient (Wildman–Crippen LogP) is 18.2. The number of esters is 3. The maximum atomic E-state index is 12.8. The summed E-state index contributed by atoms with van der Waals surface area (Å²) in [6.45, 7) is 6.47. The SMILES string of the molecule is CC\C=C/C=C\C=C/CCCCCCCC(=O)OCC(COC(=O)CCCCCCC/C=C\C=C/CCCCCCCCC)OC(=O)CCCCCCC/C=C\CCCCCCCCC. The van der Waals surface area contributed by atoms with Gasteiger partial charge >= 0.3 is 17.9 Å². The third-order valence-electron chi connectivity index (χ3n) is 11.8. The van der Waals surface area contributed by atoms with Gasteiger partial charge in [0.1, 0.15) is 13.2 Å². The van der Waals surface area contributed by atoms with Gasteiger partial charge in [0.15, 0.2) is 6.10 Å².